The molecule has 70 heavy (non-hydrogen) atoms. The Morgan fingerprint density at radius 1 is 0.471 bits per heavy atom. The topological polar surface area (TPSA) is 107 Å². The van der Waals surface area contributed by atoms with Crippen LogP contribution in [0.25, 0.3) is 0 Å². The average molecular weight is 955 g/mol. The molecule has 7 aromatic rings. The van der Waals surface area contributed by atoms with Gasteiger partial charge >= 0.3 is 17.9 Å². The van der Waals surface area contributed by atoms with Gasteiger partial charge in [-0.3, -0.25) is 0 Å². The number of carbonyl (C=O) groups excluding carboxylic acids is 3. The molecule has 8 rings (SSSR count). The number of unbranched alkanes of at least 4 members (excludes halogenated alkanes) is 5. The summed E-state index contributed by atoms with van der Waals surface area (Å²) in [7, 11) is 0. The molecule has 0 aromatic heterocycles. The minimum Gasteiger partial charge on any atom is -0.494 e. The second-order valence-electron chi connectivity index (χ2n) is 17.0. The first-order valence-electron chi connectivity index (χ1n) is 24.1. The van der Waals surface area contributed by atoms with Crippen LogP contribution in [0.2, 0.25) is 0 Å². The average Bonchev–Trinajstić information content (AvgIpc) is 3.42. The number of esters is 3. The minimum absolute atomic E-state index is 0.188. The normalized spacial score (nSPS) is 17.8. The fraction of sp³-hybridized carbons (Fsp3) is 0.250. The van der Waals surface area contributed by atoms with Gasteiger partial charge in [0.1, 0.15) is 22.9 Å². The first-order chi connectivity index (χ1) is 34.4. The molecule has 0 unspecified atom stereocenters. The summed E-state index contributed by atoms with van der Waals surface area (Å²) >= 11 is 1.29. The van der Waals surface area contributed by atoms with Crippen molar-refractivity contribution in [3.8, 4) is 5.75 Å². The van der Waals surface area contributed by atoms with E-state index >= 15 is 0 Å². The summed E-state index contributed by atoms with van der Waals surface area (Å²) in [6, 6.07) is 63.0. The molecule has 5 atom stereocenters. The molecule has 358 valence electrons. The number of hydrogen-bond donors (Lipinski definition) is 0. The standard InChI is InChI=1S/C60H58O9S/c1-2-3-4-5-6-25-42-64-50-38-40-51(41-39-50)70-59-55(69-58(63)46-30-17-9-18-31-46)54(68-57(62)45-28-15-8-16-29-45)53(67-56(61)44-26-13-7-14-27-44)52(66-59)43-65-60(47-32-19-10-20-33-47,48-34-21-11-22-35-48)49-36-23-12-24-37-49/h7-24,26-41,52-55,59H,2-6,25,42-43H2,1H3/t52-,53-,54+,55-,59+/m1/s1. The van der Waals surface area contributed by atoms with Gasteiger partial charge in [0.2, 0.25) is 0 Å². The van der Waals surface area contributed by atoms with Gasteiger partial charge in [0, 0.05) is 4.90 Å². The summed E-state index contributed by atoms with van der Waals surface area (Å²) < 4.78 is 40.0. The fourth-order valence-electron chi connectivity index (χ4n) is 8.60. The van der Waals surface area contributed by atoms with Gasteiger partial charge in [0.25, 0.3) is 0 Å². The lowest BCUT2D eigenvalue weighted by atomic mass is 9.80. The Morgan fingerprint density at radius 2 is 0.871 bits per heavy atom. The molecule has 0 saturated carbocycles. The van der Waals surface area contributed by atoms with E-state index in [9.17, 15) is 14.4 Å². The van der Waals surface area contributed by atoms with Gasteiger partial charge < -0.3 is 28.4 Å². The summed E-state index contributed by atoms with van der Waals surface area (Å²) in [5.41, 5.74) is 1.06. The molecule has 1 aliphatic heterocycles. The van der Waals surface area contributed by atoms with Gasteiger partial charge in [0.05, 0.1) is 29.9 Å². The van der Waals surface area contributed by atoms with Crippen molar-refractivity contribution in [1.82, 2.24) is 0 Å². The molecule has 9 nitrogen and oxygen atoms in total. The lowest BCUT2D eigenvalue weighted by Crippen LogP contribution is -2.62. The quantitative estimate of drug-likeness (QED) is 0.0282. The van der Waals surface area contributed by atoms with Crippen LogP contribution in [0.4, 0.5) is 0 Å². The number of carbonyl (C=O) groups is 3. The fourth-order valence-corrected chi connectivity index (χ4v) is 9.71. The molecule has 0 aliphatic carbocycles. The predicted molar refractivity (Wildman–Crippen MR) is 272 cm³/mol. The molecule has 0 bridgehead atoms. The SMILES string of the molecule is CCCCCCCCOc1ccc(S[C@@H]2O[C@H](COC(c3ccccc3)(c3ccccc3)c3ccccc3)[C@@H](OC(=O)c3ccccc3)[C@H](OC(=O)c3ccccc3)[C@H]2OC(=O)c2ccccc2)cc1. The Hall–Kier alpha value is -6.98. The van der Waals surface area contributed by atoms with E-state index in [0.717, 1.165) is 40.2 Å². The largest absolute Gasteiger partial charge is 0.494 e. The van der Waals surface area contributed by atoms with Crippen molar-refractivity contribution in [2.24, 2.45) is 0 Å². The predicted octanol–water partition coefficient (Wildman–Crippen LogP) is 12.9. The molecule has 0 N–H and O–H groups in total. The minimum atomic E-state index is -1.41. The van der Waals surface area contributed by atoms with Crippen molar-refractivity contribution in [3.63, 3.8) is 0 Å². The molecule has 0 spiro atoms. The van der Waals surface area contributed by atoms with Crippen LogP contribution < -0.4 is 4.74 Å². The highest BCUT2D eigenvalue weighted by atomic mass is 32.2. The highest BCUT2D eigenvalue weighted by Crippen LogP contribution is 2.43. The van der Waals surface area contributed by atoms with Gasteiger partial charge in [-0.15, -0.1) is 0 Å². The first kappa shape index (κ1) is 49.4. The Morgan fingerprint density at radius 3 is 1.33 bits per heavy atom. The summed E-state index contributed by atoms with van der Waals surface area (Å²) in [5.74, 6) is -1.37. The van der Waals surface area contributed by atoms with E-state index in [4.69, 9.17) is 28.4 Å². The monoisotopic (exact) mass is 954 g/mol. The molecular formula is C60H58O9S. The van der Waals surface area contributed by atoms with Crippen molar-refractivity contribution in [2.45, 2.75) is 85.8 Å². The second-order valence-corrected chi connectivity index (χ2v) is 18.2. The van der Waals surface area contributed by atoms with Crippen LogP contribution >= 0.6 is 11.8 Å². The van der Waals surface area contributed by atoms with Crippen molar-refractivity contribution in [3.05, 3.63) is 240 Å². The highest BCUT2D eigenvalue weighted by molar-refractivity contribution is 7.99. The highest BCUT2D eigenvalue weighted by Gasteiger charge is 2.54. The van der Waals surface area contributed by atoms with Crippen molar-refractivity contribution in [1.29, 1.82) is 0 Å². The van der Waals surface area contributed by atoms with Crippen LogP contribution in [-0.4, -0.2) is 61.0 Å². The third kappa shape index (κ3) is 12.6. The number of hydrogen-bond acceptors (Lipinski definition) is 10. The molecule has 1 fully saturated rings. The van der Waals surface area contributed by atoms with Gasteiger partial charge in [-0.05, 0) is 83.8 Å². The van der Waals surface area contributed by atoms with Crippen LogP contribution in [0.3, 0.4) is 0 Å². The van der Waals surface area contributed by atoms with Crippen molar-refractivity contribution >= 4 is 29.7 Å². The number of rotatable bonds is 22. The summed E-state index contributed by atoms with van der Waals surface area (Å²) in [4.78, 5) is 43.7. The first-order valence-corrected chi connectivity index (χ1v) is 24.9. The second kappa shape index (κ2) is 25.0. The molecular weight excluding hydrogens is 897 g/mol. The van der Waals surface area contributed by atoms with Crippen molar-refractivity contribution in [2.75, 3.05) is 13.2 Å². The Balaban J connectivity index is 1.21. The van der Waals surface area contributed by atoms with Gasteiger partial charge in [-0.25, -0.2) is 14.4 Å². The lowest BCUT2D eigenvalue weighted by Gasteiger charge is -2.46. The summed E-state index contributed by atoms with van der Waals surface area (Å²) in [6.45, 7) is 2.63. The van der Waals surface area contributed by atoms with E-state index in [2.05, 4.69) is 6.92 Å². The molecule has 7 aromatic carbocycles. The number of thioether (sulfide) groups is 1. The Bertz CT molecular complexity index is 2580. The summed E-state index contributed by atoms with van der Waals surface area (Å²) in [6.07, 6.45) is 1.74. The van der Waals surface area contributed by atoms with Gasteiger partial charge in [-0.2, -0.15) is 0 Å². The van der Waals surface area contributed by atoms with E-state index in [0.29, 0.717) is 6.61 Å². The molecule has 10 heteroatoms. The zero-order valence-corrected chi connectivity index (χ0v) is 40.1. The van der Waals surface area contributed by atoms with E-state index in [1.54, 1.807) is 91.0 Å². The summed E-state index contributed by atoms with van der Waals surface area (Å²) in [5, 5.41) is 0. The zero-order chi connectivity index (χ0) is 48.4. The zero-order valence-electron chi connectivity index (χ0n) is 39.3. The van der Waals surface area contributed by atoms with Crippen molar-refractivity contribution < 1.29 is 42.8 Å². The smallest absolute Gasteiger partial charge is 0.338 e. The Labute approximate surface area is 415 Å². The Kier molecular flexibility index (Phi) is 17.7. The third-order valence-electron chi connectivity index (χ3n) is 12.2. The van der Waals surface area contributed by atoms with E-state index in [-0.39, 0.29) is 23.3 Å². The molecule has 1 aliphatic rings. The van der Waals surface area contributed by atoms with E-state index in [1.807, 2.05) is 115 Å². The maximum atomic E-state index is 14.4. The number of benzene rings is 7. The van der Waals surface area contributed by atoms with E-state index < -0.39 is 53.4 Å². The maximum Gasteiger partial charge on any atom is 0.338 e. The van der Waals surface area contributed by atoms with Crippen LogP contribution in [0.15, 0.2) is 211 Å². The molecule has 0 amide bonds. The van der Waals surface area contributed by atoms with Crippen LogP contribution in [0, 0.1) is 0 Å². The lowest BCUT2D eigenvalue weighted by molar-refractivity contribution is -0.216. The van der Waals surface area contributed by atoms with Gasteiger partial charge in [0.15, 0.2) is 18.3 Å². The molecule has 0 radical (unpaired) electrons. The van der Waals surface area contributed by atoms with Crippen LogP contribution in [-0.2, 0) is 29.3 Å². The molecule has 1 saturated heterocycles. The maximum absolute atomic E-state index is 14.4. The number of ether oxygens (including phenoxy) is 6. The van der Waals surface area contributed by atoms with Gasteiger partial charge in [-0.1, -0.05) is 196 Å². The third-order valence-corrected chi connectivity index (χ3v) is 13.4. The molecule has 1 heterocycles. The van der Waals surface area contributed by atoms with Crippen LogP contribution in [0.1, 0.15) is 93.2 Å². The van der Waals surface area contributed by atoms with E-state index in [1.165, 1.54) is 37.4 Å². The van der Waals surface area contributed by atoms with Crippen LogP contribution in [0.5, 0.6) is 5.75 Å².